The largest absolute Gasteiger partial charge is 0.396 e. The normalized spacial score (nSPS) is 18.9. The maximum absolute atomic E-state index is 12.2. The zero-order valence-electron chi connectivity index (χ0n) is 12.4. The molecule has 1 fully saturated rings. The number of hydrogen-bond donors (Lipinski definition) is 2. The van der Waals surface area contributed by atoms with Gasteiger partial charge in [-0.15, -0.1) is 0 Å². The lowest BCUT2D eigenvalue weighted by molar-refractivity contribution is -0.117. The van der Waals surface area contributed by atoms with Crippen LogP contribution in [0.3, 0.4) is 0 Å². The van der Waals surface area contributed by atoms with Crippen LogP contribution in [0.4, 0.5) is 5.69 Å². The number of hydrogen-bond acceptors (Lipinski definition) is 3. The summed E-state index contributed by atoms with van der Waals surface area (Å²) >= 11 is 6.06. The van der Waals surface area contributed by atoms with Crippen molar-refractivity contribution >= 4 is 23.2 Å². The summed E-state index contributed by atoms with van der Waals surface area (Å²) in [6.45, 7) is 3.48. The van der Waals surface area contributed by atoms with Crippen LogP contribution in [0.25, 0.3) is 0 Å². The Labute approximate surface area is 131 Å². The average molecular weight is 311 g/mol. The zero-order valence-corrected chi connectivity index (χ0v) is 13.2. The number of anilines is 1. The molecule has 0 saturated carbocycles. The Kier molecular flexibility index (Phi) is 6.03. The average Bonchev–Trinajstić information content (AvgIpc) is 2.88. The highest BCUT2D eigenvalue weighted by molar-refractivity contribution is 6.31. The number of carbonyl (C=O) groups excluding carboxylic acids is 1. The van der Waals surface area contributed by atoms with Crippen LogP contribution in [-0.2, 0) is 4.79 Å². The molecule has 1 aromatic rings. The van der Waals surface area contributed by atoms with Crippen molar-refractivity contribution in [3.8, 4) is 0 Å². The van der Waals surface area contributed by atoms with Gasteiger partial charge in [0.05, 0.1) is 6.54 Å². The van der Waals surface area contributed by atoms with Crippen LogP contribution < -0.4 is 5.32 Å². The smallest absolute Gasteiger partial charge is 0.238 e. The number of likely N-dealkylation sites (tertiary alicyclic amines) is 1. The van der Waals surface area contributed by atoms with Gasteiger partial charge in [-0.1, -0.05) is 17.7 Å². The van der Waals surface area contributed by atoms with E-state index >= 15 is 0 Å². The van der Waals surface area contributed by atoms with Gasteiger partial charge in [0.15, 0.2) is 0 Å². The molecule has 21 heavy (non-hydrogen) atoms. The Morgan fingerprint density at radius 2 is 2.33 bits per heavy atom. The van der Waals surface area contributed by atoms with Gasteiger partial charge >= 0.3 is 0 Å². The van der Waals surface area contributed by atoms with Gasteiger partial charge in [-0.05, 0) is 56.8 Å². The van der Waals surface area contributed by atoms with Crippen molar-refractivity contribution in [1.29, 1.82) is 0 Å². The minimum Gasteiger partial charge on any atom is -0.396 e. The fourth-order valence-electron chi connectivity index (χ4n) is 2.87. The first kappa shape index (κ1) is 16.3. The molecule has 0 spiro atoms. The molecular formula is C16H23ClN2O2. The molecule has 1 atom stereocenters. The SMILES string of the molecule is Cc1c(Cl)cccc1NC(=O)CN1CCCC1CCCO. The molecule has 1 heterocycles. The number of nitrogens with one attached hydrogen (secondary N) is 1. The molecule has 1 unspecified atom stereocenters. The van der Waals surface area contributed by atoms with Crippen molar-refractivity contribution in [2.75, 3.05) is 25.0 Å². The van der Waals surface area contributed by atoms with Crippen LogP contribution in [0.5, 0.6) is 0 Å². The van der Waals surface area contributed by atoms with Crippen LogP contribution in [0.15, 0.2) is 18.2 Å². The first-order valence-corrected chi connectivity index (χ1v) is 7.89. The molecule has 5 heteroatoms. The maximum Gasteiger partial charge on any atom is 0.238 e. The van der Waals surface area contributed by atoms with E-state index in [9.17, 15) is 4.79 Å². The van der Waals surface area contributed by atoms with E-state index in [4.69, 9.17) is 16.7 Å². The third-order valence-electron chi connectivity index (χ3n) is 4.08. The molecule has 2 rings (SSSR count). The molecular weight excluding hydrogens is 288 g/mol. The van der Waals surface area contributed by atoms with E-state index in [1.165, 1.54) is 0 Å². The summed E-state index contributed by atoms with van der Waals surface area (Å²) in [5.74, 6) is -0.00346. The molecule has 1 saturated heterocycles. The lowest BCUT2D eigenvalue weighted by Crippen LogP contribution is -2.37. The number of amides is 1. The number of carbonyl (C=O) groups is 1. The standard InChI is InChI=1S/C16H23ClN2O2/c1-12-14(17)7-2-8-15(12)18-16(21)11-19-9-3-5-13(19)6-4-10-20/h2,7-8,13,20H,3-6,9-11H2,1H3,(H,18,21). The summed E-state index contributed by atoms with van der Waals surface area (Å²) in [7, 11) is 0. The van der Waals surface area contributed by atoms with E-state index in [1.807, 2.05) is 25.1 Å². The highest BCUT2D eigenvalue weighted by Crippen LogP contribution is 2.24. The van der Waals surface area contributed by atoms with Gasteiger partial charge < -0.3 is 10.4 Å². The molecule has 2 N–H and O–H groups in total. The quantitative estimate of drug-likeness (QED) is 0.849. The number of nitrogens with zero attached hydrogens (tertiary/aromatic N) is 1. The summed E-state index contributed by atoms with van der Waals surface area (Å²) < 4.78 is 0. The van der Waals surface area contributed by atoms with Crippen LogP contribution in [-0.4, -0.2) is 41.7 Å². The van der Waals surface area contributed by atoms with Crippen molar-refractivity contribution < 1.29 is 9.90 Å². The third kappa shape index (κ3) is 4.43. The number of benzene rings is 1. The fourth-order valence-corrected chi connectivity index (χ4v) is 3.05. The third-order valence-corrected chi connectivity index (χ3v) is 4.49. The van der Waals surface area contributed by atoms with Crippen molar-refractivity contribution in [1.82, 2.24) is 4.90 Å². The minimum atomic E-state index is -0.00346. The van der Waals surface area contributed by atoms with Crippen molar-refractivity contribution in [3.05, 3.63) is 28.8 Å². The van der Waals surface area contributed by atoms with Crippen molar-refractivity contribution in [2.45, 2.75) is 38.6 Å². The lowest BCUT2D eigenvalue weighted by Gasteiger charge is -2.23. The van der Waals surface area contributed by atoms with Crippen LogP contribution in [0.1, 0.15) is 31.2 Å². The second-order valence-electron chi connectivity index (χ2n) is 5.59. The van der Waals surface area contributed by atoms with E-state index in [1.54, 1.807) is 0 Å². The first-order chi connectivity index (χ1) is 10.1. The predicted molar refractivity (Wildman–Crippen MR) is 85.7 cm³/mol. The summed E-state index contributed by atoms with van der Waals surface area (Å²) in [6.07, 6.45) is 4.00. The predicted octanol–water partition coefficient (Wildman–Crippen LogP) is 2.82. The summed E-state index contributed by atoms with van der Waals surface area (Å²) in [4.78, 5) is 14.4. The van der Waals surface area contributed by atoms with E-state index in [0.717, 1.165) is 43.5 Å². The number of aliphatic hydroxyl groups is 1. The van der Waals surface area contributed by atoms with Gasteiger partial charge in [-0.2, -0.15) is 0 Å². The molecule has 116 valence electrons. The van der Waals surface area contributed by atoms with Crippen molar-refractivity contribution in [2.24, 2.45) is 0 Å². The van der Waals surface area contributed by atoms with Crippen LogP contribution >= 0.6 is 11.6 Å². The number of aliphatic hydroxyl groups excluding tert-OH is 1. The Morgan fingerprint density at radius 1 is 1.52 bits per heavy atom. The van der Waals surface area contributed by atoms with Gasteiger partial charge in [0.2, 0.25) is 5.91 Å². The van der Waals surface area contributed by atoms with E-state index in [-0.39, 0.29) is 12.5 Å². The Balaban J connectivity index is 1.90. The Hall–Kier alpha value is -1.10. The van der Waals surface area contributed by atoms with Crippen LogP contribution in [0, 0.1) is 6.92 Å². The Morgan fingerprint density at radius 3 is 3.10 bits per heavy atom. The molecule has 1 aliphatic rings. The van der Waals surface area contributed by atoms with Crippen LogP contribution in [0.2, 0.25) is 5.02 Å². The van der Waals surface area contributed by atoms with E-state index in [0.29, 0.717) is 17.6 Å². The molecule has 0 aliphatic carbocycles. The lowest BCUT2D eigenvalue weighted by atomic mass is 10.1. The molecule has 0 aromatic heterocycles. The molecule has 1 amide bonds. The zero-order chi connectivity index (χ0) is 15.2. The second-order valence-corrected chi connectivity index (χ2v) is 6.00. The van der Waals surface area contributed by atoms with Gasteiger partial charge in [0, 0.05) is 23.4 Å². The highest BCUT2D eigenvalue weighted by atomic mass is 35.5. The molecule has 0 radical (unpaired) electrons. The topological polar surface area (TPSA) is 52.6 Å². The number of halogens is 1. The fraction of sp³-hybridized carbons (Fsp3) is 0.562. The maximum atomic E-state index is 12.2. The van der Waals surface area contributed by atoms with Gasteiger partial charge in [-0.25, -0.2) is 0 Å². The van der Waals surface area contributed by atoms with Gasteiger partial charge in [0.1, 0.15) is 0 Å². The molecule has 4 nitrogen and oxygen atoms in total. The molecule has 1 aromatic carbocycles. The molecule has 0 bridgehead atoms. The highest BCUT2D eigenvalue weighted by Gasteiger charge is 2.25. The molecule has 1 aliphatic heterocycles. The first-order valence-electron chi connectivity index (χ1n) is 7.51. The number of rotatable bonds is 6. The Bertz CT molecular complexity index is 493. The second kappa shape index (κ2) is 7.78. The minimum absolute atomic E-state index is 0.00346. The summed E-state index contributed by atoms with van der Waals surface area (Å²) in [6, 6.07) is 5.94. The summed E-state index contributed by atoms with van der Waals surface area (Å²) in [5.41, 5.74) is 1.67. The monoisotopic (exact) mass is 310 g/mol. The van der Waals surface area contributed by atoms with Crippen molar-refractivity contribution in [3.63, 3.8) is 0 Å². The van der Waals surface area contributed by atoms with E-state index < -0.39 is 0 Å². The van der Waals surface area contributed by atoms with Gasteiger partial charge in [0.25, 0.3) is 0 Å². The van der Waals surface area contributed by atoms with Gasteiger partial charge in [-0.3, -0.25) is 9.69 Å². The summed E-state index contributed by atoms with van der Waals surface area (Å²) in [5, 5.41) is 12.5. The van der Waals surface area contributed by atoms with E-state index in [2.05, 4.69) is 10.2 Å².